The average Bonchev–Trinajstić information content (AvgIpc) is 2.25. The maximum absolute atomic E-state index is 11.7. The topological polar surface area (TPSA) is 94.9 Å². The van der Waals surface area contributed by atoms with E-state index in [2.05, 4.69) is 0 Å². The first-order chi connectivity index (χ1) is 7.83. The lowest BCUT2D eigenvalue weighted by atomic mass is 10.3. The minimum atomic E-state index is -3.68. The zero-order valence-electron chi connectivity index (χ0n) is 9.20. The highest BCUT2D eigenvalue weighted by molar-refractivity contribution is 7.92. The number of rotatable bonds is 5. The van der Waals surface area contributed by atoms with Crippen LogP contribution in [0.5, 0.6) is 5.75 Å². The van der Waals surface area contributed by atoms with Crippen molar-refractivity contribution in [3.8, 4) is 5.75 Å². The fraction of sp³-hybridized carbons (Fsp3) is 0.300. The van der Waals surface area contributed by atoms with E-state index in [4.69, 9.17) is 5.11 Å². The summed E-state index contributed by atoms with van der Waals surface area (Å²) >= 11 is 0. The molecule has 0 saturated carbocycles. The van der Waals surface area contributed by atoms with Crippen molar-refractivity contribution < 1.29 is 23.4 Å². The molecule has 0 fully saturated rings. The number of hydrogen-bond donors (Lipinski definition) is 2. The summed E-state index contributed by atoms with van der Waals surface area (Å²) in [6.45, 7) is 0. The molecular weight excluding hydrogens is 246 g/mol. The van der Waals surface area contributed by atoms with Gasteiger partial charge in [-0.1, -0.05) is 6.07 Å². The van der Waals surface area contributed by atoms with Crippen molar-refractivity contribution in [2.45, 2.75) is 6.42 Å². The van der Waals surface area contributed by atoms with Crippen molar-refractivity contribution in [3.63, 3.8) is 0 Å². The van der Waals surface area contributed by atoms with Crippen LogP contribution >= 0.6 is 0 Å². The van der Waals surface area contributed by atoms with Crippen LogP contribution in [0.3, 0.4) is 0 Å². The van der Waals surface area contributed by atoms with Gasteiger partial charge in [-0.15, -0.1) is 0 Å². The average molecular weight is 259 g/mol. The molecule has 94 valence electrons. The van der Waals surface area contributed by atoms with Gasteiger partial charge in [0, 0.05) is 13.1 Å². The zero-order chi connectivity index (χ0) is 13.1. The van der Waals surface area contributed by atoms with Crippen LogP contribution in [0.1, 0.15) is 6.42 Å². The van der Waals surface area contributed by atoms with Gasteiger partial charge in [0.1, 0.15) is 5.75 Å². The molecule has 0 bridgehead atoms. The van der Waals surface area contributed by atoms with E-state index in [1.165, 1.54) is 31.3 Å². The number of carboxylic acid groups (broad SMARTS) is 1. The van der Waals surface area contributed by atoms with Gasteiger partial charge >= 0.3 is 5.97 Å². The number of aromatic hydroxyl groups is 1. The summed E-state index contributed by atoms with van der Waals surface area (Å²) in [4.78, 5) is 10.3. The second-order valence-corrected chi connectivity index (χ2v) is 5.57. The molecule has 0 radical (unpaired) electrons. The molecule has 0 unspecified atom stereocenters. The van der Waals surface area contributed by atoms with Crippen molar-refractivity contribution in [2.75, 3.05) is 17.1 Å². The molecule has 0 spiro atoms. The fourth-order valence-corrected chi connectivity index (χ4v) is 2.34. The highest BCUT2D eigenvalue weighted by atomic mass is 32.2. The Balaban J connectivity index is 2.88. The second kappa shape index (κ2) is 5.05. The molecule has 2 N–H and O–H groups in total. The summed E-state index contributed by atoms with van der Waals surface area (Å²) in [6, 6.07) is 5.73. The van der Waals surface area contributed by atoms with Crippen LogP contribution in [0.15, 0.2) is 24.3 Å². The lowest BCUT2D eigenvalue weighted by Crippen LogP contribution is -2.29. The van der Waals surface area contributed by atoms with Crippen LogP contribution in [0.25, 0.3) is 0 Å². The minimum Gasteiger partial charge on any atom is -0.508 e. The van der Waals surface area contributed by atoms with Gasteiger partial charge in [0.05, 0.1) is 17.9 Å². The van der Waals surface area contributed by atoms with Gasteiger partial charge in [-0.25, -0.2) is 8.42 Å². The van der Waals surface area contributed by atoms with E-state index < -0.39 is 28.2 Å². The molecule has 0 saturated heterocycles. The predicted molar refractivity (Wildman–Crippen MR) is 62.5 cm³/mol. The number of anilines is 1. The molecule has 1 aromatic rings. The van der Waals surface area contributed by atoms with Gasteiger partial charge in [-0.2, -0.15) is 0 Å². The SMILES string of the molecule is CN(c1cccc(O)c1)S(=O)(=O)CCC(=O)O. The van der Waals surface area contributed by atoms with Crippen LogP contribution in [0.2, 0.25) is 0 Å². The minimum absolute atomic E-state index is 0.0530. The smallest absolute Gasteiger partial charge is 0.304 e. The third-order valence-electron chi connectivity index (χ3n) is 2.18. The number of aliphatic carboxylic acids is 1. The first-order valence-corrected chi connectivity index (χ1v) is 6.41. The molecule has 1 aromatic carbocycles. The van der Waals surface area contributed by atoms with E-state index in [-0.39, 0.29) is 11.4 Å². The van der Waals surface area contributed by atoms with Crippen LogP contribution in [0.4, 0.5) is 5.69 Å². The molecule has 0 aliphatic rings. The lowest BCUT2D eigenvalue weighted by molar-refractivity contribution is -0.136. The molecule has 6 nitrogen and oxygen atoms in total. The van der Waals surface area contributed by atoms with Crippen molar-refractivity contribution in [2.24, 2.45) is 0 Å². The van der Waals surface area contributed by atoms with E-state index in [1.54, 1.807) is 0 Å². The summed E-state index contributed by atoms with van der Waals surface area (Å²) in [5.74, 6) is -1.70. The maximum Gasteiger partial charge on any atom is 0.304 e. The summed E-state index contributed by atoms with van der Waals surface area (Å²) in [6.07, 6.45) is -0.453. The monoisotopic (exact) mass is 259 g/mol. The van der Waals surface area contributed by atoms with Gasteiger partial charge in [-0.05, 0) is 12.1 Å². The Bertz CT molecular complexity index is 511. The van der Waals surface area contributed by atoms with Gasteiger partial charge in [0.25, 0.3) is 0 Å². The van der Waals surface area contributed by atoms with Crippen LogP contribution in [0, 0.1) is 0 Å². The molecule has 0 aliphatic carbocycles. The summed E-state index contributed by atoms with van der Waals surface area (Å²) in [5, 5.41) is 17.7. The number of nitrogens with zero attached hydrogens (tertiary/aromatic N) is 1. The molecule has 0 amide bonds. The van der Waals surface area contributed by atoms with E-state index in [0.717, 1.165) is 4.31 Å². The molecule has 0 atom stereocenters. The Morgan fingerprint density at radius 2 is 2.06 bits per heavy atom. The summed E-state index contributed by atoms with van der Waals surface area (Å²) < 4.78 is 24.4. The third-order valence-corrected chi connectivity index (χ3v) is 3.95. The molecule has 17 heavy (non-hydrogen) atoms. The number of carboxylic acids is 1. The molecule has 0 heterocycles. The van der Waals surface area contributed by atoms with Crippen molar-refractivity contribution in [3.05, 3.63) is 24.3 Å². The number of benzene rings is 1. The maximum atomic E-state index is 11.7. The highest BCUT2D eigenvalue weighted by Crippen LogP contribution is 2.21. The van der Waals surface area contributed by atoms with E-state index in [9.17, 15) is 18.3 Å². The predicted octanol–water partition coefficient (Wildman–Crippen LogP) is 0.633. The highest BCUT2D eigenvalue weighted by Gasteiger charge is 2.19. The summed E-state index contributed by atoms with van der Waals surface area (Å²) in [7, 11) is -2.37. The van der Waals surface area contributed by atoms with E-state index in [0.29, 0.717) is 0 Å². The molecular formula is C10H13NO5S. The first kappa shape index (κ1) is 13.3. The van der Waals surface area contributed by atoms with Gasteiger partial charge in [-0.3, -0.25) is 9.10 Å². The molecule has 0 aromatic heterocycles. The molecule has 7 heteroatoms. The van der Waals surface area contributed by atoms with E-state index in [1.807, 2.05) is 0 Å². The zero-order valence-corrected chi connectivity index (χ0v) is 10.0. The van der Waals surface area contributed by atoms with Crippen molar-refractivity contribution >= 4 is 21.7 Å². The standard InChI is InChI=1S/C10H13NO5S/c1-11(8-3-2-4-9(12)7-8)17(15,16)6-5-10(13)14/h2-4,7,12H,5-6H2,1H3,(H,13,14). The normalized spacial score (nSPS) is 11.1. The largest absolute Gasteiger partial charge is 0.508 e. The van der Waals surface area contributed by atoms with Crippen LogP contribution in [-0.4, -0.2) is 37.4 Å². The van der Waals surface area contributed by atoms with Gasteiger partial charge in [0.15, 0.2) is 0 Å². The Morgan fingerprint density at radius 1 is 1.41 bits per heavy atom. The van der Waals surface area contributed by atoms with Gasteiger partial charge < -0.3 is 10.2 Å². The Labute approximate surface area is 99.2 Å². The summed E-state index contributed by atoms with van der Waals surface area (Å²) in [5.41, 5.74) is 0.287. The van der Waals surface area contributed by atoms with Crippen molar-refractivity contribution in [1.82, 2.24) is 0 Å². The quantitative estimate of drug-likeness (QED) is 0.808. The number of sulfonamides is 1. The van der Waals surface area contributed by atoms with E-state index >= 15 is 0 Å². The fourth-order valence-electron chi connectivity index (χ4n) is 1.20. The first-order valence-electron chi connectivity index (χ1n) is 4.80. The third kappa shape index (κ3) is 3.63. The number of phenols is 1. The van der Waals surface area contributed by atoms with Crippen LogP contribution < -0.4 is 4.31 Å². The van der Waals surface area contributed by atoms with Crippen molar-refractivity contribution in [1.29, 1.82) is 0 Å². The lowest BCUT2D eigenvalue weighted by Gasteiger charge is -2.18. The molecule has 0 aliphatic heterocycles. The molecule has 1 rings (SSSR count). The van der Waals surface area contributed by atoms with Crippen LogP contribution in [-0.2, 0) is 14.8 Å². The number of phenolic OH excluding ortho intramolecular Hbond substituents is 1. The Hall–Kier alpha value is -1.76. The Morgan fingerprint density at radius 3 is 2.59 bits per heavy atom. The number of carbonyl (C=O) groups is 1. The van der Waals surface area contributed by atoms with Gasteiger partial charge in [0.2, 0.25) is 10.0 Å². The number of hydrogen-bond acceptors (Lipinski definition) is 4. The second-order valence-electron chi connectivity index (χ2n) is 3.45. The Kier molecular flexibility index (Phi) is 3.95.